The van der Waals surface area contributed by atoms with Crippen LogP contribution in [0.1, 0.15) is 6.92 Å². The van der Waals surface area contributed by atoms with E-state index in [2.05, 4.69) is 9.89 Å². The van der Waals surface area contributed by atoms with Gasteiger partial charge in [-0.05, 0) is 24.3 Å². The van der Waals surface area contributed by atoms with E-state index in [4.69, 9.17) is 5.73 Å². The van der Waals surface area contributed by atoms with Crippen LogP contribution >= 0.6 is 24.0 Å². The molecule has 1 fully saturated rings. The molecule has 2 N–H and O–H groups in total. The van der Waals surface area contributed by atoms with Gasteiger partial charge in [0.25, 0.3) is 0 Å². The quantitative estimate of drug-likeness (QED) is 0.399. The summed E-state index contributed by atoms with van der Waals surface area (Å²) in [5.41, 5.74) is 6.92. The maximum atomic E-state index is 12.9. The number of nitrogens with two attached hydrogens (primary N) is 1. The molecule has 1 saturated heterocycles. The van der Waals surface area contributed by atoms with Gasteiger partial charge in [0.1, 0.15) is 5.82 Å². The monoisotopic (exact) mass is 470 g/mol. The number of nitrogens with zero attached hydrogens (tertiary/aromatic N) is 3. The van der Waals surface area contributed by atoms with Gasteiger partial charge in [-0.15, -0.1) is 24.0 Å². The zero-order valence-electron chi connectivity index (χ0n) is 13.7. The highest BCUT2D eigenvalue weighted by atomic mass is 127. The number of piperazine rings is 1. The Labute approximate surface area is 159 Å². The summed E-state index contributed by atoms with van der Waals surface area (Å²) in [6.45, 7) is 4.74. The van der Waals surface area contributed by atoms with Crippen molar-refractivity contribution in [2.24, 2.45) is 10.7 Å². The van der Waals surface area contributed by atoms with Crippen molar-refractivity contribution in [1.29, 1.82) is 0 Å². The van der Waals surface area contributed by atoms with Gasteiger partial charge in [0, 0.05) is 37.6 Å². The second-order valence-corrected chi connectivity index (χ2v) is 7.90. The third-order valence-electron chi connectivity index (χ3n) is 3.91. The van der Waals surface area contributed by atoms with E-state index in [0.717, 1.165) is 18.8 Å². The number of guanidine groups is 1. The zero-order valence-corrected chi connectivity index (χ0v) is 16.8. The van der Waals surface area contributed by atoms with Gasteiger partial charge < -0.3 is 15.5 Å². The summed E-state index contributed by atoms with van der Waals surface area (Å²) >= 11 is 0. The molecule has 6 nitrogen and oxygen atoms in total. The maximum absolute atomic E-state index is 12.9. The predicted octanol–water partition coefficient (Wildman–Crippen LogP) is 1.32. The Morgan fingerprint density at radius 1 is 1.21 bits per heavy atom. The van der Waals surface area contributed by atoms with Crippen LogP contribution in [-0.4, -0.2) is 63.5 Å². The van der Waals surface area contributed by atoms with E-state index >= 15 is 0 Å². The second kappa shape index (κ2) is 9.40. The number of hydrogen-bond acceptors (Lipinski definition) is 4. The lowest BCUT2D eigenvalue weighted by Gasteiger charge is -2.36. The summed E-state index contributed by atoms with van der Waals surface area (Å²) in [5, 5.41) is 0. The van der Waals surface area contributed by atoms with Gasteiger partial charge in [-0.2, -0.15) is 0 Å². The molecular formula is C15H24FIN4O2S. The smallest absolute Gasteiger partial charge is 0.191 e. The van der Waals surface area contributed by atoms with Gasteiger partial charge >= 0.3 is 0 Å². The van der Waals surface area contributed by atoms with Crippen molar-refractivity contribution in [3.63, 3.8) is 0 Å². The number of rotatable bonds is 5. The summed E-state index contributed by atoms with van der Waals surface area (Å²) in [6, 6.07) is 6.42. The molecule has 1 heterocycles. The molecule has 0 saturated carbocycles. The van der Waals surface area contributed by atoms with Crippen LogP contribution in [0.25, 0.3) is 0 Å². The van der Waals surface area contributed by atoms with E-state index in [1.807, 2.05) is 4.90 Å². The van der Waals surface area contributed by atoms with Gasteiger partial charge in [-0.25, -0.2) is 12.8 Å². The van der Waals surface area contributed by atoms with Crippen LogP contribution in [0, 0.1) is 5.82 Å². The molecule has 24 heavy (non-hydrogen) atoms. The Morgan fingerprint density at radius 2 is 1.79 bits per heavy atom. The number of benzene rings is 1. The number of sulfone groups is 1. The molecule has 9 heteroatoms. The number of halogens is 2. The van der Waals surface area contributed by atoms with Crippen LogP contribution < -0.4 is 10.6 Å². The fourth-order valence-corrected chi connectivity index (χ4v) is 3.05. The number of aliphatic imine (C=N–C) groups is 1. The average molecular weight is 470 g/mol. The third-order valence-corrected chi connectivity index (χ3v) is 5.60. The Kier molecular flexibility index (Phi) is 8.20. The molecule has 1 aliphatic rings. The van der Waals surface area contributed by atoms with Crippen LogP contribution in [-0.2, 0) is 9.84 Å². The van der Waals surface area contributed by atoms with Crippen molar-refractivity contribution in [1.82, 2.24) is 4.90 Å². The first-order valence-corrected chi connectivity index (χ1v) is 9.49. The minimum atomic E-state index is -3.01. The molecule has 0 unspecified atom stereocenters. The van der Waals surface area contributed by atoms with Gasteiger partial charge in [0.05, 0.1) is 12.3 Å². The lowest BCUT2D eigenvalue weighted by molar-refractivity contribution is 0.381. The van der Waals surface area contributed by atoms with E-state index in [9.17, 15) is 12.8 Å². The highest BCUT2D eigenvalue weighted by Crippen LogP contribution is 2.16. The molecule has 1 aromatic rings. The molecule has 0 spiro atoms. The van der Waals surface area contributed by atoms with Crippen LogP contribution in [0.4, 0.5) is 10.1 Å². The van der Waals surface area contributed by atoms with Crippen LogP contribution in [0.5, 0.6) is 0 Å². The topological polar surface area (TPSA) is 79.0 Å². The Morgan fingerprint density at radius 3 is 2.33 bits per heavy atom. The van der Waals surface area contributed by atoms with E-state index in [1.54, 1.807) is 19.1 Å². The molecule has 0 amide bonds. The average Bonchev–Trinajstić information content (AvgIpc) is 2.55. The van der Waals surface area contributed by atoms with Crippen LogP contribution in [0.3, 0.4) is 0 Å². The maximum Gasteiger partial charge on any atom is 0.191 e. The molecular weight excluding hydrogens is 446 g/mol. The molecule has 0 bridgehead atoms. The van der Waals surface area contributed by atoms with Crippen molar-refractivity contribution in [3.8, 4) is 0 Å². The predicted molar refractivity (Wildman–Crippen MR) is 106 cm³/mol. The van der Waals surface area contributed by atoms with Crippen molar-refractivity contribution < 1.29 is 12.8 Å². The third kappa shape index (κ3) is 6.08. The number of hydrogen-bond donors (Lipinski definition) is 1. The molecule has 0 radical (unpaired) electrons. The number of anilines is 1. The molecule has 2 rings (SSSR count). The Hall–Kier alpha value is -1.10. The molecule has 0 aliphatic carbocycles. The van der Waals surface area contributed by atoms with Crippen molar-refractivity contribution in [2.45, 2.75) is 6.92 Å². The van der Waals surface area contributed by atoms with E-state index in [1.165, 1.54) is 12.1 Å². The van der Waals surface area contributed by atoms with Crippen LogP contribution in [0.2, 0.25) is 0 Å². The highest BCUT2D eigenvalue weighted by molar-refractivity contribution is 14.0. The molecule has 136 valence electrons. The lowest BCUT2D eigenvalue weighted by atomic mass is 10.2. The lowest BCUT2D eigenvalue weighted by Crippen LogP contribution is -2.51. The normalized spacial score (nSPS) is 16.0. The van der Waals surface area contributed by atoms with Crippen molar-refractivity contribution >= 4 is 45.5 Å². The standard InChI is InChI=1S/C15H23FN4O2S.HI/c1-2-23(21,22)12-7-18-15(17)20-10-8-19(9-11-20)14-5-3-13(16)4-6-14;/h3-6H,2,7-12H2,1H3,(H2,17,18);1H. The van der Waals surface area contributed by atoms with Gasteiger partial charge in [0.2, 0.25) is 0 Å². The fraction of sp³-hybridized carbons (Fsp3) is 0.533. The first-order valence-electron chi connectivity index (χ1n) is 7.67. The summed E-state index contributed by atoms with van der Waals surface area (Å²) in [6.07, 6.45) is 0. The van der Waals surface area contributed by atoms with Gasteiger partial charge in [-0.1, -0.05) is 6.92 Å². The van der Waals surface area contributed by atoms with Gasteiger partial charge in [0.15, 0.2) is 15.8 Å². The van der Waals surface area contributed by atoms with E-state index in [-0.39, 0.29) is 47.8 Å². The largest absolute Gasteiger partial charge is 0.370 e. The second-order valence-electron chi connectivity index (χ2n) is 5.43. The SMILES string of the molecule is CCS(=O)(=O)CCN=C(N)N1CCN(c2ccc(F)cc2)CC1.I. The summed E-state index contributed by atoms with van der Waals surface area (Å²) < 4.78 is 35.8. The molecule has 1 aliphatic heterocycles. The van der Waals surface area contributed by atoms with E-state index < -0.39 is 9.84 Å². The minimum absolute atomic E-state index is 0. The van der Waals surface area contributed by atoms with E-state index in [0.29, 0.717) is 19.0 Å². The Bertz CT molecular complexity index is 644. The molecule has 0 atom stereocenters. The van der Waals surface area contributed by atoms with Crippen LogP contribution in [0.15, 0.2) is 29.3 Å². The van der Waals surface area contributed by atoms with Gasteiger partial charge in [-0.3, -0.25) is 4.99 Å². The highest BCUT2D eigenvalue weighted by Gasteiger charge is 2.18. The molecule has 0 aromatic heterocycles. The zero-order chi connectivity index (χ0) is 16.9. The summed E-state index contributed by atoms with van der Waals surface area (Å²) in [5.74, 6) is 0.291. The fourth-order valence-electron chi connectivity index (χ4n) is 2.39. The summed E-state index contributed by atoms with van der Waals surface area (Å²) in [7, 11) is -3.01. The minimum Gasteiger partial charge on any atom is -0.370 e. The Balaban J connectivity index is 0.00000288. The molecule has 1 aromatic carbocycles. The van der Waals surface area contributed by atoms with Crippen molar-refractivity contribution in [3.05, 3.63) is 30.1 Å². The first kappa shape index (κ1) is 20.9. The van der Waals surface area contributed by atoms with Crippen molar-refractivity contribution in [2.75, 3.05) is 49.1 Å². The summed E-state index contributed by atoms with van der Waals surface area (Å²) in [4.78, 5) is 8.26. The first-order chi connectivity index (χ1) is 10.9.